The van der Waals surface area contributed by atoms with Crippen molar-refractivity contribution in [3.05, 3.63) is 0 Å². The summed E-state index contributed by atoms with van der Waals surface area (Å²) in [5.74, 6) is 0.860. The number of nitrogens with one attached hydrogen (secondary N) is 1. The normalized spacial score (nSPS) is 29.3. The van der Waals surface area contributed by atoms with E-state index in [1.807, 2.05) is 18.7 Å². The Morgan fingerprint density at radius 1 is 1.37 bits per heavy atom. The molecule has 19 heavy (non-hydrogen) atoms. The van der Waals surface area contributed by atoms with E-state index in [1.165, 1.54) is 12.8 Å². The monoisotopic (exact) mass is 270 g/mol. The molecule has 110 valence electrons. The summed E-state index contributed by atoms with van der Waals surface area (Å²) in [6.07, 6.45) is 2.76. The van der Waals surface area contributed by atoms with Crippen LogP contribution < -0.4 is 5.32 Å². The zero-order valence-corrected chi connectivity index (χ0v) is 12.2. The fourth-order valence-electron chi connectivity index (χ4n) is 2.75. The Hall–Kier alpha value is -0.650. The first-order chi connectivity index (χ1) is 9.10. The third-order valence-electron chi connectivity index (χ3n) is 3.83. The number of rotatable bonds is 6. The third-order valence-corrected chi connectivity index (χ3v) is 3.83. The highest BCUT2D eigenvalue weighted by molar-refractivity contribution is 5.78. The van der Waals surface area contributed by atoms with Gasteiger partial charge in [-0.2, -0.15) is 0 Å². The second kappa shape index (κ2) is 6.68. The molecule has 3 atom stereocenters. The fourth-order valence-corrected chi connectivity index (χ4v) is 2.75. The van der Waals surface area contributed by atoms with Crippen LogP contribution in [-0.4, -0.2) is 62.4 Å². The maximum atomic E-state index is 12.2. The highest BCUT2D eigenvalue weighted by Gasteiger charge is 2.32. The van der Waals surface area contributed by atoms with Crippen LogP contribution in [0.15, 0.2) is 0 Å². The molecule has 1 saturated heterocycles. The number of hydrogen-bond donors (Lipinski definition) is 1. The molecule has 5 heteroatoms. The van der Waals surface area contributed by atoms with Crippen LogP contribution in [0.25, 0.3) is 0 Å². The molecule has 0 aromatic carbocycles. The smallest absolute Gasteiger partial charge is 0.236 e. The summed E-state index contributed by atoms with van der Waals surface area (Å²) in [7, 11) is 1.71. The minimum atomic E-state index is 0.130. The van der Waals surface area contributed by atoms with Gasteiger partial charge >= 0.3 is 0 Å². The molecule has 0 aromatic rings. The lowest BCUT2D eigenvalue weighted by molar-refractivity contribution is -0.142. The van der Waals surface area contributed by atoms with Crippen LogP contribution >= 0.6 is 0 Å². The average Bonchev–Trinajstić information content (AvgIpc) is 3.17. The number of ether oxygens (including phenoxy) is 2. The van der Waals surface area contributed by atoms with Crippen molar-refractivity contribution in [2.45, 2.75) is 44.9 Å². The summed E-state index contributed by atoms with van der Waals surface area (Å²) >= 11 is 0. The minimum Gasteiger partial charge on any atom is -0.383 e. The quantitative estimate of drug-likeness (QED) is 0.769. The van der Waals surface area contributed by atoms with Gasteiger partial charge in [0.15, 0.2) is 0 Å². The lowest BCUT2D eigenvalue weighted by Crippen LogP contribution is -2.51. The van der Waals surface area contributed by atoms with E-state index >= 15 is 0 Å². The van der Waals surface area contributed by atoms with E-state index in [-0.39, 0.29) is 18.1 Å². The van der Waals surface area contributed by atoms with E-state index in [2.05, 4.69) is 5.32 Å². The van der Waals surface area contributed by atoms with Crippen LogP contribution in [0.2, 0.25) is 0 Å². The minimum absolute atomic E-state index is 0.130. The number of nitrogens with zero attached hydrogens (tertiary/aromatic N) is 1. The van der Waals surface area contributed by atoms with Gasteiger partial charge in [-0.25, -0.2) is 0 Å². The molecule has 2 aliphatic rings. The van der Waals surface area contributed by atoms with Crippen LogP contribution in [0, 0.1) is 5.92 Å². The molecule has 1 amide bonds. The average molecular weight is 270 g/mol. The van der Waals surface area contributed by atoms with Crippen molar-refractivity contribution in [1.29, 1.82) is 0 Å². The number of morpholine rings is 1. The predicted octanol–water partition coefficient (Wildman–Crippen LogP) is 0.637. The Labute approximate surface area is 115 Å². The van der Waals surface area contributed by atoms with Crippen LogP contribution in [0.4, 0.5) is 0 Å². The summed E-state index contributed by atoms with van der Waals surface area (Å²) in [5.41, 5.74) is 0. The zero-order chi connectivity index (χ0) is 13.8. The predicted molar refractivity (Wildman–Crippen MR) is 73.0 cm³/mol. The van der Waals surface area contributed by atoms with Gasteiger partial charge in [-0.15, -0.1) is 0 Å². The summed E-state index contributed by atoms with van der Waals surface area (Å²) in [4.78, 5) is 14.1. The topological polar surface area (TPSA) is 50.8 Å². The van der Waals surface area contributed by atoms with Crippen molar-refractivity contribution in [3.63, 3.8) is 0 Å². The molecule has 0 unspecified atom stereocenters. The van der Waals surface area contributed by atoms with Gasteiger partial charge in [0.1, 0.15) is 0 Å². The first-order valence-corrected chi connectivity index (χ1v) is 7.25. The fraction of sp³-hybridized carbons (Fsp3) is 0.929. The second-order valence-electron chi connectivity index (χ2n) is 5.84. The standard InChI is InChI=1S/C14H26N2O3/c1-10-7-16(8-11(2)19-10)14(17)6-15-13(9-18-3)12-4-5-12/h10-13,15H,4-9H2,1-3H3/t10-,11+,13-/m0/s1. The van der Waals surface area contributed by atoms with E-state index in [0.717, 1.165) is 0 Å². The van der Waals surface area contributed by atoms with Gasteiger partial charge in [0.2, 0.25) is 5.91 Å². The van der Waals surface area contributed by atoms with Gasteiger partial charge in [-0.3, -0.25) is 4.79 Å². The van der Waals surface area contributed by atoms with E-state index in [1.54, 1.807) is 7.11 Å². The van der Waals surface area contributed by atoms with Gasteiger partial charge in [0.05, 0.1) is 25.4 Å². The van der Waals surface area contributed by atoms with Crippen molar-refractivity contribution in [3.8, 4) is 0 Å². The molecular formula is C14H26N2O3. The van der Waals surface area contributed by atoms with Crippen LogP contribution in [0.3, 0.4) is 0 Å². The first-order valence-electron chi connectivity index (χ1n) is 7.25. The summed E-state index contributed by atoms with van der Waals surface area (Å²) in [6, 6.07) is 0.324. The van der Waals surface area contributed by atoms with Gasteiger partial charge in [-0.1, -0.05) is 0 Å². The number of amides is 1. The van der Waals surface area contributed by atoms with Crippen LogP contribution in [-0.2, 0) is 14.3 Å². The number of methoxy groups -OCH3 is 1. The summed E-state index contributed by atoms with van der Waals surface area (Å²) in [6.45, 7) is 6.52. The Kier molecular flexibility index (Phi) is 5.19. The summed E-state index contributed by atoms with van der Waals surface area (Å²) in [5, 5.41) is 3.35. The van der Waals surface area contributed by atoms with Gasteiger partial charge < -0.3 is 19.7 Å². The van der Waals surface area contributed by atoms with Crippen molar-refractivity contribution in [2.75, 3.05) is 33.4 Å². The van der Waals surface area contributed by atoms with E-state index in [4.69, 9.17) is 9.47 Å². The molecule has 1 aliphatic carbocycles. The maximum absolute atomic E-state index is 12.2. The van der Waals surface area contributed by atoms with E-state index in [0.29, 0.717) is 38.2 Å². The Bertz CT molecular complexity index is 297. The van der Waals surface area contributed by atoms with Crippen molar-refractivity contribution in [1.82, 2.24) is 10.2 Å². The Morgan fingerprint density at radius 2 is 2.00 bits per heavy atom. The molecule has 2 fully saturated rings. The number of hydrogen-bond acceptors (Lipinski definition) is 4. The van der Waals surface area contributed by atoms with E-state index < -0.39 is 0 Å². The third kappa shape index (κ3) is 4.44. The zero-order valence-electron chi connectivity index (χ0n) is 12.2. The van der Waals surface area contributed by atoms with E-state index in [9.17, 15) is 4.79 Å². The highest BCUT2D eigenvalue weighted by Crippen LogP contribution is 2.32. The van der Waals surface area contributed by atoms with Gasteiger partial charge in [-0.05, 0) is 32.6 Å². The van der Waals surface area contributed by atoms with Gasteiger partial charge in [0.25, 0.3) is 0 Å². The Morgan fingerprint density at radius 3 is 2.53 bits per heavy atom. The van der Waals surface area contributed by atoms with Crippen molar-refractivity contribution in [2.24, 2.45) is 5.92 Å². The molecule has 0 spiro atoms. The molecule has 1 heterocycles. The van der Waals surface area contributed by atoms with Crippen molar-refractivity contribution >= 4 is 5.91 Å². The molecule has 2 rings (SSSR count). The molecular weight excluding hydrogens is 244 g/mol. The molecule has 1 saturated carbocycles. The largest absolute Gasteiger partial charge is 0.383 e. The lowest BCUT2D eigenvalue weighted by Gasteiger charge is -2.35. The molecule has 1 aliphatic heterocycles. The maximum Gasteiger partial charge on any atom is 0.236 e. The van der Waals surface area contributed by atoms with Gasteiger partial charge in [0, 0.05) is 26.2 Å². The lowest BCUT2D eigenvalue weighted by atomic mass is 10.2. The molecule has 0 radical (unpaired) electrons. The SMILES string of the molecule is COC[C@H](NCC(=O)N1C[C@@H](C)O[C@@H](C)C1)C1CC1. The van der Waals surface area contributed by atoms with Crippen molar-refractivity contribution < 1.29 is 14.3 Å². The highest BCUT2D eigenvalue weighted by atomic mass is 16.5. The van der Waals surface area contributed by atoms with Crippen LogP contribution in [0.5, 0.6) is 0 Å². The number of carbonyl (C=O) groups is 1. The number of carbonyl (C=O) groups excluding carboxylic acids is 1. The summed E-state index contributed by atoms with van der Waals surface area (Å²) < 4.78 is 10.9. The Balaban J connectivity index is 1.76. The molecule has 0 bridgehead atoms. The van der Waals surface area contributed by atoms with Crippen LogP contribution in [0.1, 0.15) is 26.7 Å². The molecule has 5 nitrogen and oxygen atoms in total. The molecule has 1 N–H and O–H groups in total. The molecule has 0 aromatic heterocycles. The second-order valence-corrected chi connectivity index (χ2v) is 5.84. The first kappa shape index (κ1) is 14.8.